The molecule has 0 N–H and O–H groups in total. The maximum atomic E-state index is 10.9. The molecule has 0 radical (unpaired) electrons. The van der Waals surface area contributed by atoms with Crippen LogP contribution < -0.4 is 0 Å². The Bertz CT molecular complexity index is 175. The van der Waals surface area contributed by atoms with Crippen molar-refractivity contribution in [3.63, 3.8) is 0 Å². The van der Waals surface area contributed by atoms with Gasteiger partial charge in [0.1, 0.15) is 0 Å². The highest BCUT2D eigenvalue weighted by molar-refractivity contribution is 5.86. The standard InChI is InChI=1S/C10H18O3/c1-5-12-9(4)6-7-13-10(11)8(2)3/h9H,2,5-7H2,1,3-4H3. The number of carbonyl (C=O) groups excluding carboxylic acids is 1. The molecule has 0 rings (SSSR count). The molecule has 0 aromatic heterocycles. The molecule has 1 atom stereocenters. The van der Waals surface area contributed by atoms with Gasteiger partial charge in [-0.2, -0.15) is 0 Å². The van der Waals surface area contributed by atoms with Gasteiger partial charge in [-0.15, -0.1) is 0 Å². The first-order valence-corrected chi connectivity index (χ1v) is 4.52. The van der Waals surface area contributed by atoms with Gasteiger partial charge in [-0.25, -0.2) is 4.79 Å². The van der Waals surface area contributed by atoms with Crippen LogP contribution in [-0.2, 0) is 14.3 Å². The van der Waals surface area contributed by atoms with E-state index in [1.807, 2.05) is 13.8 Å². The minimum absolute atomic E-state index is 0.142. The topological polar surface area (TPSA) is 35.5 Å². The Morgan fingerprint density at radius 3 is 2.62 bits per heavy atom. The summed E-state index contributed by atoms with van der Waals surface area (Å²) in [4.78, 5) is 10.9. The molecule has 0 heterocycles. The Morgan fingerprint density at radius 2 is 2.15 bits per heavy atom. The highest BCUT2D eigenvalue weighted by atomic mass is 16.5. The number of hydrogen-bond donors (Lipinski definition) is 0. The van der Waals surface area contributed by atoms with Crippen LogP contribution in [0, 0.1) is 0 Å². The Balaban J connectivity index is 3.44. The van der Waals surface area contributed by atoms with Crippen molar-refractivity contribution in [2.24, 2.45) is 0 Å². The van der Waals surface area contributed by atoms with E-state index in [0.29, 0.717) is 18.8 Å². The maximum Gasteiger partial charge on any atom is 0.333 e. The van der Waals surface area contributed by atoms with Crippen molar-refractivity contribution in [3.8, 4) is 0 Å². The van der Waals surface area contributed by atoms with E-state index >= 15 is 0 Å². The minimum Gasteiger partial charge on any atom is -0.462 e. The van der Waals surface area contributed by atoms with Crippen LogP contribution in [0.1, 0.15) is 27.2 Å². The van der Waals surface area contributed by atoms with Crippen molar-refractivity contribution in [3.05, 3.63) is 12.2 Å². The third kappa shape index (κ3) is 6.34. The van der Waals surface area contributed by atoms with Crippen LogP contribution in [0.5, 0.6) is 0 Å². The van der Waals surface area contributed by atoms with Gasteiger partial charge in [0.2, 0.25) is 0 Å². The zero-order valence-corrected chi connectivity index (χ0v) is 8.63. The molecule has 13 heavy (non-hydrogen) atoms. The first-order valence-electron chi connectivity index (χ1n) is 4.52. The third-order valence-corrected chi connectivity index (χ3v) is 1.56. The lowest BCUT2D eigenvalue weighted by Gasteiger charge is -2.11. The van der Waals surface area contributed by atoms with Gasteiger partial charge < -0.3 is 9.47 Å². The summed E-state index contributed by atoms with van der Waals surface area (Å²) < 4.78 is 10.2. The van der Waals surface area contributed by atoms with Crippen molar-refractivity contribution < 1.29 is 14.3 Å². The summed E-state index contributed by atoms with van der Waals surface area (Å²) in [7, 11) is 0. The van der Waals surface area contributed by atoms with Crippen molar-refractivity contribution in [1.29, 1.82) is 0 Å². The van der Waals surface area contributed by atoms with Gasteiger partial charge >= 0.3 is 5.97 Å². The molecule has 0 amide bonds. The number of carbonyl (C=O) groups is 1. The molecule has 0 fully saturated rings. The number of esters is 1. The molecule has 0 saturated heterocycles. The molecule has 0 bridgehead atoms. The Kier molecular flexibility index (Phi) is 6.24. The lowest BCUT2D eigenvalue weighted by Crippen LogP contribution is -2.14. The molecular formula is C10H18O3. The number of rotatable bonds is 6. The molecule has 0 aliphatic heterocycles. The molecule has 0 aromatic rings. The van der Waals surface area contributed by atoms with Gasteiger partial charge in [-0.05, 0) is 20.8 Å². The second-order valence-corrected chi connectivity index (χ2v) is 2.97. The monoisotopic (exact) mass is 186 g/mol. The summed E-state index contributed by atoms with van der Waals surface area (Å²) in [6.45, 7) is 10.1. The molecule has 0 spiro atoms. The summed E-state index contributed by atoms with van der Waals surface area (Å²) >= 11 is 0. The van der Waals surface area contributed by atoms with Crippen LogP contribution >= 0.6 is 0 Å². The van der Waals surface area contributed by atoms with E-state index in [1.54, 1.807) is 6.92 Å². The zero-order valence-electron chi connectivity index (χ0n) is 8.63. The molecule has 0 aliphatic rings. The summed E-state index contributed by atoms with van der Waals surface area (Å²) in [6, 6.07) is 0. The Morgan fingerprint density at radius 1 is 1.54 bits per heavy atom. The molecule has 0 aliphatic carbocycles. The van der Waals surface area contributed by atoms with Crippen LogP contribution in [0.3, 0.4) is 0 Å². The fourth-order valence-corrected chi connectivity index (χ4v) is 0.809. The van der Waals surface area contributed by atoms with Crippen LogP contribution in [0.2, 0.25) is 0 Å². The average Bonchev–Trinajstić information content (AvgIpc) is 2.04. The summed E-state index contributed by atoms with van der Waals surface area (Å²) in [5.41, 5.74) is 0.434. The highest BCUT2D eigenvalue weighted by Gasteiger charge is 2.05. The van der Waals surface area contributed by atoms with Crippen LogP contribution in [0.4, 0.5) is 0 Å². The van der Waals surface area contributed by atoms with Gasteiger partial charge in [0.15, 0.2) is 0 Å². The molecule has 76 valence electrons. The first kappa shape index (κ1) is 12.2. The van der Waals surface area contributed by atoms with E-state index in [0.717, 1.165) is 6.42 Å². The van der Waals surface area contributed by atoms with Crippen molar-refractivity contribution in [2.75, 3.05) is 13.2 Å². The SMILES string of the molecule is C=C(C)C(=O)OCCC(C)OCC. The average molecular weight is 186 g/mol. The summed E-state index contributed by atoms with van der Waals surface area (Å²) in [5.74, 6) is -0.330. The van der Waals surface area contributed by atoms with E-state index in [9.17, 15) is 4.79 Å². The fourth-order valence-electron chi connectivity index (χ4n) is 0.809. The quantitative estimate of drug-likeness (QED) is 0.469. The molecule has 3 nitrogen and oxygen atoms in total. The second kappa shape index (κ2) is 6.66. The molecule has 3 heteroatoms. The van der Waals surface area contributed by atoms with Crippen LogP contribution in [0.25, 0.3) is 0 Å². The number of hydrogen-bond acceptors (Lipinski definition) is 3. The van der Waals surface area contributed by atoms with Gasteiger partial charge in [-0.1, -0.05) is 6.58 Å². The molecule has 0 saturated carbocycles. The van der Waals surface area contributed by atoms with E-state index in [1.165, 1.54) is 0 Å². The summed E-state index contributed by atoms with van der Waals surface area (Å²) in [6.07, 6.45) is 0.871. The second-order valence-electron chi connectivity index (χ2n) is 2.97. The minimum atomic E-state index is -0.330. The molecule has 0 aromatic carbocycles. The lowest BCUT2D eigenvalue weighted by atomic mass is 10.3. The smallest absolute Gasteiger partial charge is 0.333 e. The number of ether oxygens (including phenoxy) is 2. The molecule has 1 unspecified atom stereocenters. The predicted octanol–water partition coefficient (Wildman–Crippen LogP) is 1.92. The zero-order chi connectivity index (χ0) is 10.3. The van der Waals surface area contributed by atoms with E-state index in [2.05, 4.69) is 6.58 Å². The maximum absolute atomic E-state index is 10.9. The van der Waals surface area contributed by atoms with E-state index < -0.39 is 0 Å². The van der Waals surface area contributed by atoms with E-state index in [4.69, 9.17) is 9.47 Å². The largest absolute Gasteiger partial charge is 0.462 e. The normalized spacial score (nSPS) is 12.2. The van der Waals surface area contributed by atoms with Crippen molar-refractivity contribution >= 4 is 5.97 Å². The predicted molar refractivity (Wildman–Crippen MR) is 51.5 cm³/mol. The Labute approximate surface area is 79.7 Å². The van der Waals surface area contributed by atoms with Gasteiger partial charge in [-0.3, -0.25) is 0 Å². The third-order valence-electron chi connectivity index (χ3n) is 1.56. The van der Waals surface area contributed by atoms with Crippen molar-refractivity contribution in [1.82, 2.24) is 0 Å². The first-order chi connectivity index (χ1) is 6.07. The van der Waals surface area contributed by atoms with Crippen molar-refractivity contribution in [2.45, 2.75) is 33.3 Å². The summed E-state index contributed by atoms with van der Waals surface area (Å²) in [5, 5.41) is 0. The lowest BCUT2D eigenvalue weighted by molar-refractivity contribution is -0.139. The Hall–Kier alpha value is -0.830. The highest BCUT2D eigenvalue weighted by Crippen LogP contribution is 1.99. The molecular weight excluding hydrogens is 168 g/mol. The fraction of sp³-hybridized carbons (Fsp3) is 0.700. The van der Waals surface area contributed by atoms with Crippen LogP contribution in [-0.4, -0.2) is 25.3 Å². The van der Waals surface area contributed by atoms with Crippen LogP contribution in [0.15, 0.2) is 12.2 Å². The van der Waals surface area contributed by atoms with Gasteiger partial charge in [0, 0.05) is 18.6 Å². The van der Waals surface area contributed by atoms with Gasteiger partial charge in [0.25, 0.3) is 0 Å². The van der Waals surface area contributed by atoms with E-state index in [-0.39, 0.29) is 12.1 Å². The van der Waals surface area contributed by atoms with Gasteiger partial charge in [0.05, 0.1) is 12.7 Å².